The number of benzene rings is 3. The summed E-state index contributed by atoms with van der Waals surface area (Å²) in [7, 11) is 0. The zero-order valence-electron chi connectivity index (χ0n) is 18.6. The van der Waals surface area contributed by atoms with Crippen molar-refractivity contribution < 1.29 is 14.3 Å². The molecule has 1 aliphatic rings. The highest BCUT2D eigenvalue weighted by Gasteiger charge is 2.33. The number of fused-ring (bicyclic) bond motifs is 1. The number of halogens is 1. The van der Waals surface area contributed by atoms with E-state index >= 15 is 0 Å². The van der Waals surface area contributed by atoms with E-state index in [2.05, 4.69) is 5.10 Å². The van der Waals surface area contributed by atoms with Crippen molar-refractivity contribution in [3.8, 4) is 5.69 Å². The fourth-order valence-electron chi connectivity index (χ4n) is 4.55. The molecule has 1 atom stereocenters. The minimum Gasteiger partial charge on any atom is -0.388 e. The average molecular weight is 458 g/mol. The number of anilines is 1. The summed E-state index contributed by atoms with van der Waals surface area (Å²) in [6, 6.07) is 20.9. The summed E-state index contributed by atoms with van der Waals surface area (Å²) < 4.78 is 16.6. The molecule has 0 saturated heterocycles. The highest BCUT2D eigenvalue weighted by molar-refractivity contribution is 6.08. The van der Waals surface area contributed by atoms with Crippen molar-refractivity contribution >= 4 is 11.6 Å². The number of hydrogen-bond donors (Lipinski definition) is 1. The standard InChI is InChI=1S/C26H23FN4O3/c1-2-29-24(16-32)28-31(26(29)34)20-11-12-21-22(14-20)23(17-7-4-3-5-8-17)15-30(25(21)33)19-10-6-9-18(27)13-19/h3-14,23,32H,2,15-16H2,1H3/t23-/m1/s1. The Bertz CT molecular complexity index is 1430. The molecular formula is C26H23FN4O3. The Morgan fingerprint density at radius 2 is 1.79 bits per heavy atom. The van der Waals surface area contributed by atoms with Gasteiger partial charge in [0.15, 0.2) is 5.82 Å². The maximum absolute atomic E-state index is 13.9. The number of carbonyl (C=O) groups is 1. The number of carbonyl (C=O) groups excluding carboxylic acids is 1. The SMILES string of the molecule is CCn1c(CO)nn(-c2ccc3c(c2)[C@@H](c2ccccc2)CN(c2cccc(F)c2)C3=O)c1=O. The van der Waals surface area contributed by atoms with E-state index in [-0.39, 0.29) is 29.9 Å². The van der Waals surface area contributed by atoms with E-state index in [4.69, 9.17) is 0 Å². The van der Waals surface area contributed by atoms with Crippen LogP contribution in [0.4, 0.5) is 10.1 Å². The van der Waals surface area contributed by atoms with E-state index in [0.717, 1.165) is 11.1 Å². The number of aliphatic hydroxyl groups is 1. The summed E-state index contributed by atoms with van der Waals surface area (Å²) in [4.78, 5) is 27.9. The Morgan fingerprint density at radius 3 is 2.47 bits per heavy atom. The number of rotatable bonds is 5. The van der Waals surface area contributed by atoms with E-state index < -0.39 is 5.82 Å². The highest BCUT2D eigenvalue weighted by Crippen LogP contribution is 2.36. The van der Waals surface area contributed by atoms with Gasteiger partial charge >= 0.3 is 5.69 Å². The molecule has 1 amide bonds. The third-order valence-corrected chi connectivity index (χ3v) is 6.21. The minimum absolute atomic E-state index is 0.196. The lowest BCUT2D eigenvalue weighted by Crippen LogP contribution is -2.40. The van der Waals surface area contributed by atoms with Gasteiger partial charge in [-0.2, -0.15) is 4.68 Å². The van der Waals surface area contributed by atoms with Crippen LogP contribution in [0, 0.1) is 5.82 Å². The first-order chi connectivity index (χ1) is 16.5. The molecule has 8 heteroatoms. The molecule has 5 rings (SSSR count). The van der Waals surface area contributed by atoms with Crippen molar-refractivity contribution in [2.24, 2.45) is 0 Å². The largest absolute Gasteiger partial charge is 0.388 e. The number of amides is 1. The summed E-state index contributed by atoms with van der Waals surface area (Å²) in [6.07, 6.45) is 0. The second-order valence-electron chi connectivity index (χ2n) is 8.14. The van der Waals surface area contributed by atoms with Gasteiger partial charge in [0.25, 0.3) is 5.91 Å². The third kappa shape index (κ3) is 3.62. The first-order valence-electron chi connectivity index (χ1n) is 11.1. The predicted octanol–water partition coefficient (Wildman–Crippen LogP) is 3.48. The molecule has 1 aromatic heterocycles. The molecule has 34 heavy (non-hydrogen) atoms. The van der Waals surface area contributed by atoms with Crippen LogP contribution in [0.15, 0.2) is 77.6 Å². The van der Waals surface area contributed by atoms with Crippen LogP contribution in [0.3, 0.4) is 0 Å². The normalized spacial score (nSPS) is 15.4. The smallest absolute Gasteiger partial charge is 0.350 e. The number of hydrogen-bond acceptors (Lipinski definition) is 4. The fourth-order valence-corrected chi connectivity index (χ4v) is 4.55. The van der Waals surface area contributed by atoms with Gasteiger partial charge in [-0.25, -0.2) is 9.18 Å². The van der Waals surface area contributed by atoms with Gasteiger partial charge in [-0.05, 0) is 54.4 Å². The summed E-state index contributed by atoms with van der Waals surface area (Å²) >= 11 is 0. The highest BCUT2D eigenvalue weighted by atomic mass is 19.1. The zero-order chi connectivity index (χ0) is 23.8. The second-order valence-corrected chi connectivity index (χ2v) is 8.14. The van der Waals surface area contributed by atoms with Gasteiger partial charge in [-0.3, -0.25) is 9.36 Å². The van der Waals surface area contributed by atoms with Crippen molar-refractivity contribution in [1.82, 2.24) is 14.3 Å². The molecule has 0 radical (unpaired) electrons. The maximum atomic E-state index is 13.9. The molecule has 0 aliphatic carbocycles. The summed E-state index contributed by atoms with van der Waals surface area (Å²) in [5, 5.41) is 13.9. The zero-order valence-corrected chi connectivity index (χ0v) is 18.6. The number of aromatic nitrogens is 3. The lowest BCUT2D eigenvalue weighted by Gasteiger charge is -2.35. The topological polar surface area (TPSA) is 80.4 Å². The number of aliphatic hydroxyl groups excluding tert-OH is 1. The quantitative estimate of drug-likeness (QED) is 0.497. The van der Waals surface area contributed by atoms with Crippen molar-refractivity contribution in [2.75, 3.05) is 11.4 Å². The van der Waals surface area contributed by atoms with E-state index in [1.807, 2.05) is 43.3 Å². The van der Waals surface area contributed by atoms with Crippen molar-refractivity contribution in [2.45, 2.75) is 26.0 Å². The molecule has 0 bridgehead atoms. The second kappa shape index (κ2) is 8.72. The van der Waals surface area contributed by atoms with Gasteiger partial charge in [0.1, 0.15) is 12.4 Å². The predicted molar refractivity (Wildman–Crippen MR) is 126 cm³/mol. The van der Waals surface area contributed by atoms with Gasteiger partial charge in [-0.15, -0.1) is 5.10 Å². The summed E-state index contributed by atoms with van der Waals surface area (Å²) in [5.41, 5.74) is 2.90. The van der Waals surface area contributed by atoms with E-state index in [1.54, 1.807) is 29.2 Å². The van der Waals surface area contributed by atoms with Crippen LogP contribution in [-0.4, -0.2) is 31.9 Å². The minimum atomic E-state index is -0.409. The van der Waals surface area contributed by atoms with Crippen LogP contribution < -0.4 is 10.6 Å². The Labute approximate surface area is 195 Å². The Kier molecular flexibility index (Phi) is 5.59. The molecule has 1 N–H and O–H groups in total. The van der Waals surface area contributed by atoms with Crippen LogP contribution in [-0.2, 0) is 13.2 Å². The lowest BCUT2D eigenvalue weighted by atomic mass is 9.83. The van der Waals surface area contributed by atoms with Gasteiger partial charge in [0.05, 0.1) is 5.69 Å². The first-order valence-corrected chi connectivity index (χ1v) is 11.1. The molecule has 0 spiro atoms. The Balaban J connectivity index is 1.67. The van der Waals surface area contributed by atoms with Gasteiger partial charge in [0.2, 0.25) is 0 Å². The van der Waals surface area contributed by atoms with Crippen molar-refractivity contribution in [1.29, 1.82) is 0 Å². The Hall–Kier alpha value is -4.04. The molecule has 0 saturated carbocycles. The van der Waals surface area contributed by atoms with Crippen LogP contribution in [0.1, 0.15) is 40.2 Å². The molecule has 7 nitrogen and oxygen atoms in total. The maximum Gasteiger partial charge on any atom is 0.350 e. The molecule has 4 aromatic rings. The summed E-state index contributed by atoms with van der Waals surface area (Å²) in [5.74, 6) is -0.563. The lowest BCUT2D eigenvalue weighted by molar-refractivity contribution is 0.0978. The van der Waals surface area contributed by atoms with E-state index in [9.17, 15) is 19.1 Å². The van der Waals surface area contributed by atoms with Crippen LogP contribution >= 0.6 is 0 Å². The third-order valence-electron chi connectivity index (χ3n) is 6.21. The van der Waals surface area contributed by atoms with Crippen LogP contribution in [0.5, 0.6) is 0 Å². The molecular weight excluding hydrogens is 435 g/mol. The molecule has 0 fully saturated rings. The van der Waals surface area contributed by atoms with E-state index in [1.165, 1.54) is 21.4 Å². The van der Waals surface area contributed by atoms with Crippen LogP contribution in [0.2, 0.25) is 0 Å². The molecule has 3 aromatic carbocycles. The van der Waals surface area contributed by atoms with Gasteiger partial charge in [0, 0.05) is 30.3 Å². The monoisotopic (exact) mass is 458 g/mol. The first kappa shape index (κ1) is 21.8. The van der Waals surface area contributed by atoms with Crippen molar-refractivity contribution in [3.05, 3.63) is 112 Å². The molecule has 2 heterocycles. The Morgan fingerprint density at radius 1 is 1.00 bits per heavy atom. The average Bonchev–Trinajstić information content (AvgIpc) is 3.19. The van der Waals surface area contributed by atoms with Gasteiger partial charge < -0.3 is 10.0 Å². The van der Waals surface area contributed by atoms with Crippen LogP contribution in [0.25, 0.3) is 5.69 Å². The van der Waals surface area contributed by atoms with E-state index in [0.29, 0.717) is 30.0 Å². The fraction of sp³-hybridized carbons (Fsp3) is 0.192. The summed E-state index contributed by atoms with van der Waals surface area (Å²) in [6.45, 7) is 2.16. The molecule has 0 unspecified atom stereocenters. The number of nitrogens with zero attached hydrogens (tertiary/aromatic N) is 4. The molecule has 1 aliphatic heterocycles. The van der Waals surface area contributed by atoms with Gasteiger partial charge in [-0.1, -0.05) is 36.4 Å². The van der Waals surface area contributed by atoms with Crippen molar-refractivity contribution in [3.63, 3.8) is 0 Å². The molecule has 172 valence electrons.